The van der Waals surface area contributed by atoms with Crippen molar-refractivity contribution >= 4 is 52.6 Å². The van der Waals surface area contributed by atoms with E-state index < -0.39 is 0 Å². The first-order chi connectivity index (χ1) is 10.5. The van der Waals surface area contributed by atoms with Crippen LogP contribution < -0.4 is 10.6 Å². The highest BCUT2D eigenvalue weighted by atomic mass is 127. The predicted molar refractivity (Wildman–Crippen MR) is 113 cm³/mol. The zero-order chi connectivity index (χ0) is 16.1. The number of aromatic nitrogens is 1. The standard InChI is InChI=1S/C16H24N4S2.HI/c1-10(8-14-7-6-11(2)21-14)19-16(17-5)18-9-15-20-12(3)13(4)22-15;/h6-7,10H,8-9H2,1-5H3,(H2,17,18,19);1H. The number of aliphatic imine (C=N–C) groups is 1. The number of hydrogen-bond donors (Lipinski definition) is 2. The van der Waals surface area contributed by atoms with Gasteiger partial charge in [-0.05, 0) is 39.8 Å². The molecule has 0 spiro atoms. The van der Waals surface area contributed by atoms with Gasteiger partial charge >= 0.3 is 0 Å². The SMILES string of the molecule is CN=C(NCc1nc(C)c(C)s1)NC(C)Cc1ccc(C)s1.I. The molecule has 4 nitrogen and oxygen atoms in total. The summed E-state index contributed by atoms with van der Waals surface area (Å²) in [5.41, 5.74) is 1.12. The number of thiazole rings is 1. The zero-order valence-electron chi connectivity index (χ0n) is 14.3. The van der Waals surface area contributed by atoms with Gasteiger partial charge in [0, 0.05) is 34.1 Å². The Morgan fingerprint density at radius 2 is 2.00 bits per heavy atom. The summed E-state index contributed by atoms with van der Waals surface area (Å²) in [5.74, 6) is 0.825. The van der Waals surface area contributed by atoms with Crippen LogP contribution in [0.4, 0.5) is 0 Å². The molecule has 23 heavy (non-hydrogen) atoms. The quantitative estimate of drug-likeness (QED) is 0.399. The lowest BCUT2D eigenvalue weighted by Gasteiger charge is -2.17. The second-order valence-electron chi connectivity index (χ2n) is 5.44. The van der Waals surface area contributed by atoms with Crippen LogP contribution >= 0.6 is 46.7 Å². The molecule has 1 unspecified atom stereocenters. The highest BCUT2D eigenvalue weighted by molar-refractivity contribution is 14.0. The topological polar surface area (TPSA) is 49.3 Å². The van der Waals surface area contributed by atoms with E-state index in [1.807, 2.05) is 18.3 Å². The van der Waals surface area contributed by atoms with Crippen molar-refractivity contribution in [3.8, 4) is 0 Å². The molecule has 0 amide bonds. The Hall–Kier alpha value is -0.670. The Balaban J connectivity index is 0.00000264. The van der Waals surface area contributed by atoms with Crippen LogP contribution in [-0.4, -0.2) is 24.0 Å². The number of guanidine groups is 1. The van der Waals surface area contributed by atoms with Crippen molar-refractivity contribution in [2.75, 3.05) is 7.05 Å². The van der Waals surface area contributed by atoms with Crippen LogP contribution in [0, 0.1) is 20.8 Å². The van der Waals surface area contributed by atoms with E-state index in [1.165, 1.54) is 14.6 Å². The molecule has 2 aromatic heterocycles. The molecule has 0 aliphatic carbocycles. The van der Waals surface area contributed by atoms with E-state index in [9.17, 15) is 0 Å². The second-order valence-corrected chi connectivity index (χ2v) is 8.10. The average Bonchev–Trinajstić information content (AvgIpc) is 3.01. The van der Waals surface area contributed by atoms with Crippen LogP contribution in [0.2, 0.25) is 0 Å². The van der Waals surface area contributed by atoms with Crippen LogP contribution in [0.25, 0.3) is 0 Å². The lowest BCUT2D eigenvalue weighted by atomic mass is 10.2. The smallest absolute Gasteiger partial charge is 0.191 e. The summed E-state index contributed by atoms with van der Waals surface area (Å²) in [4.78, 5) is 12.9. The van der Waals surface area contributed by atoms with Gasteiger partial charge in [0.25, 0.3) is 0 Å². The van der Waals surface area contributed by atoms with Crippen LogP contribution in [0.15, 0.2) is 17.1 Å². The van der Waals surface area contributed by atoms with Gasteiger partial charge in [-0.25, -0.2) is 4.98 Å². The minimum atomic E-state index is 0. The fourth-order valence-corrected chi connectivity index (χ4v) is 4.04. The number of hydrogen-bond acceptors (Lipinski definition) is 4. The van der Waals surface area contributed by atoms with Crippen molar-refractivity contribution < 1.29 is 0 Å². The fraction of sp³-hybridized carbons (Fsp3) is 0.500. The second kappa shape index (κ2) is 9.58. The summed E-state index contributed by atoms with van der Waals surface area (Å²) in [7, 11) is 1.80. The summed E-state index contributed by atoms with van der Waals surface area (Å²) >= 11 is 3.59. The Labute approximate surface area is 163 Å². The third-order valence-corrected chi connectivity index (χ3v) is 5.49. The van der Waals surface area contributed by atoms with Gasteiger partial charge in [-0.15, -0.1) is 46.7 Å². The molecule has 128 valence electrons. The molecule has 0 radical (unpaired) electrons. The summed E-state index contributed by atoms with van der Waals surface area (Å²) in [5, 5.41) is 7.87. The van der Waals surface area contributed by atoms with Gasteiger partial charge in [0.1, 0.15) is 5.01 Å². The van der Waals surface area contributed by atoms with E-state index in [1.54, 1.807) is 18.4 Å². The Morgan fingerprint density at radius 1 is 1.26 bits per heavy atom. The third kappa shape index (κ3) is 6.39. The van der Waals surface area contributed by atoms with Gasteiger partial charge in [0.05, 0.1) is 12.2 Å². The highest BCUT2D eigenvalue weighted by Crippen LogP contribution is 2.17. The molecule has 2 rings (SSSR count). The third-order valence-electron chi connectivity index (χ3n) is 3.39. The molecule has 0 bridgehead atoms. The average molecular weight is 464 g/mol. The Morgan fingerprint density at radius 3 is 2.52 bits per heavy atom. The first-order valence-corrected chi connectivity index (χ1v) is 9.06. The van der Waals surface area contributed by atoms with E-state index in [0.717, 1.165) is 23.1 Å². The molecule has 0 aliphatic heterocycles. The number of rotatable bonds is 5. The molecule has 2 N–H and O–H groups in total. The highest BCUT2D eigenvalue weighted by Gasteiger charge is 2.09. The molecule has 0 aliphatic rings. The van der Waals surface area contributed by atoms with E-state index in [-0.39, 0.29) is 24.0 Å². The molecular formula is C16H25IN4S2. The minimum Gasteiger partial charge on any atom is -0.354 e. The first-order valence-electron chi connectivity index (χ1n) is 7.43. The minimum absolute atomic E-state index is 0. The van der Waals surface area contributed by atoms with Gasteiger partial charge in [-0.1, -0.05) is 0 Å². The normalized spacial score (nSPS) is 12.7. The molecule has 2 heterocycles. The van der Waals surface area contributed by atoms with Crippen molar-refractivity contribution in [3.63, 3.8) is 0 Å². The lowest BCUT2D eigenvalue weighted by molar-refractivity contribution is 0.644. The zero-order valence-corrected chi connectivity index (χ0v) is 18.2. The lowest BCUT2D eigenvalue weighted by Crippen LogP contribution is -2.42. The predicted octanol–water partition coefficient (Wildman–Crippen LogP) is 4.04. The van der Waals surface area contributed by atoms with Gasteiger partial charge in [0.2, 0.25) is 0 Å². The monoisotopic (exact) mass is 464 g/mol. The molecule has 7 heteroatoms. The Kier molecular flexibility index (Phi) is 8.49. The van der Waals surface area contributed by atoms with E-state index in [4.69, 9.17) is 0 Å². The fourth-order valence-electron chi connectivity index (χ4n) is 2.15. The van der Waals surface area contributed by atoms with Gasteiger partial charge < -0.3 is 10.6 Å². The number of nitrogens with zero attached hydrogens (tertiary/aromatic N) is 2. The first kappa shape index (κ1) is 20.4. The Bertz CT molecular complexity index is 629. The molecule has 0 saturated heterocycles. The van der Waals surface area contributed by atoms with Crippen molar-refractivity contribution in [1.29, 1.82) is 0 Å². The van der Waals surface area contributed by atoms with Crippen LogP contribution in [0.1, 0.15) is 32.3 Å². The maximum Gasteiger partial charge on any atom is 0.191 e. The van der Waals surface area contributed by atoms with Gasteiger partial charge in [-0.3, -0.25) is 4.99 Å². The van der Waals surface area contributed by atoms with Crippen LogP contribution in [-0.2, 0) is 13.0 Å². The molecule has 0 fully saturated rings. The van der Waals surface area contributed by atoms with E-state index in [2.05, 4.69) is 53.5 Å². The number of thiophene rings is 1. The van der Waals surface area contributed by atoms with Crippen molar-refractivity contribution in [2.45, 2.75) is 46.7 Å². The van der Waals surface area contributed by atoms with Crippen LogP contribution in [0.5, 0.6) is 0 Å². The summed E-state index contributed by atoms with van der Waals surface area (Å²) in [6.45, 7) is 9.19. The molecule has 1 atom stereocenters. The van der Waals surface area contributed by atoms with E-state index >= 15 is 0 Å². The van der Waals surface area contributed by atoms with Crippen molar-refractivity contribution in [1.82, 2.24) is 15.6 Å². The molecular weight excluding hydrogens is 439 g/mol. The molecule has 0 saturated carbocycles. The van der Waals surface area contributed by atoms with E-state index in [0.29, 0.717) is 12.6 Å². The van der Waals surface area contributed by atoms with Gasteiger partial charge in [-0.2, -0.15) is 0 Å². The maximum atomic E-state index is 4.54. The molecule has 0 aromatic carbocycles. The summed E-state index contributed by atoms with van der Waals surface area (Å²) in [6.07, 6.45) is 1.01. The maximum absolute atomic E-state index is 4.54. The summed E-state index contributed by atoms with van der Waals surface area (Å²) in [6, 6.07) is 4.71. The number of halogens is 1. The largest absolute Gasteiger partial charge is 0.354 e. The van der Waals surface area contributed by atoms with Crippen LogP contribution in [0.3, 0.4) is 0 Å². The number of aryl methyl sites for hydroxylation is 3. The number of nitrogens with one attached hydrogen (secondary N) is 2. The van der Waals surface area contributed by atoms with Gasteiger partial charge in [0.15, 0.2) is 5.96 Å². The molecule has 2 aromatic rings. The van der Waals surface area contributed by atoms with Crippen molar-refractivity contribution in [3.05, 3.63) is 37.5 Å². The summed E-state index contributed by atoms with van der Waals surface area (Å²) < 4.78 is 0. The van der Waals surface area contributed by atoms with Crippen molar-refractivity contribution in [2.24, 2.45) is 4.99 Å².